The van der Waals surface area contributed by atoms with E-state index >= 15 is 0 Å². The number of rotatable bonds is 7. The Kier molecular flexibility index (Phi) is 4.93. The smallest absolute Gasteiger partial charge is 0.340 e. The fourth-order valence-electron chi connectivity index (χ4n) is 2.74. The molecule has 6 heteroatoms. The molecule has 3 aromatic rings. The van der Waals surface area contributed by atoms with Crippen molar-refractivity contribution in [2.45, 2.75) is 6.92 Å². The van der Waals surface area contributed by atoms with Gasteiger partial charge in [-0.15, -0.1) is 0 Å². The van der Waals surface area contributed by atoms with E-state index in [4.69, 9.17) is 9.15 Å². The Labute approximate surface area is 149 Å². The Balaban J connectivity index is 2.23. The number of carboxylic acid groups (broad SMARTS) is 1. The van der Waals surface area contributed by atoms with Crippen molar-refractivity contribution in [3.8, 4) is 17.1 Å². The SMILES string of the molecule is C=CCOc1cc2c(C(=O)O)c(-c3ccc(F)cc3)oc2cc1NCC. The maximum absolute atomic E-state index is 13.2. The summed E-state index contributed by atoms with van der Waals surface area (Å²) in [5, 5.41) is 13.3. The number of anilines is 1. The number of fused-ring (bicyclic) bond motifs is 1. The van der Waals surface area contributed by atoms with Gasteiger partial charge in [-0.25, -0.2) is 9.18 Å². The Hall–Kier alpha value is -3.28. The summed E-state index contributed by atoms with van der Waals surface area (Å²) >= 11 is 0. The van der Waals surface area contributed by atoms with Crippen molar-refractivity contribution in [3.63, 3.8) is 0 Å². The minimum absolute atomic E-state index is 0.0121. The van der Waals surface area contributed by atoms with Crippen molar-refractivity contribution in [3.05, 3.63) is 60.4 Å². The van der Waals surface area contributed by atoms with Crippen molar-refractivity contribution in [1.82, 2.24) is 0 Å². The number of aromatic carboxylic acids is 1. The van der Waals surface area contributed by atoms with Crippen LogP contribution in [0.15, 0.2) is 53.5 Å². The number of ether oxygens (including phenoxy) is 1. The largest absolute Gasteiger partial charge is 0.487 e. The van der Waals surface area contributed by atoms with Crippen molar-refractivity contribution in [1.29, 1.82) is 0 Å². The lowest BCUT2D eigenvalue weighted by atomic mass is 10.0. The van der Waals surface area contributed by atoms with E-state index in [1.54, 1.807) is 18.2 Å². The van der Waals surface area contributed by atoms with Gasteiger partial charge in [0.15, 0.2) is 0 Å². The highest BCUT2D eigenvalue weighted by Gasteiger charge is 2.23. The number of hydrogen-bond acceptors (Lipinski definition) is 4. The lowest BCUT2D eigenvalue weighted by Gasteiger charge is -2.11. The van der Waals surface area contributed by atoms with Gasteiger partial charge in [0.05, 0.1) is 5.69 Å². The van der Waals surface area contributed by atoms with Gasteiger partial charge < -0.3 is 19.6 Å². The lowest BCUT2D eigenvalue weighted by Crippen LogP contribution is -2.02. The zero-order valence-electron chi connectivity index (χ0n) is 14.2. The first-order valence-corrected chi connectivity index (χ1v) is 8.12. The molecule has 2 N–H and O–H groups in total. The summed E-state index contributed by atoms with van der Waals surface area (Å²) < 4.78 is 24.7. The number of carboxylic acids is 1. The number of halogens is 1. The Morgan fingerprint density at radius 1 is 1.35 bits per heavy atom. The summed E-state index contributed by atoms with van der Waals surface area (Å²) in [7, 11) is 0. The van der Waals surface area contributed by atoms with Crippen LogP contribution in [0.4, 0.5) is 10.1 Å². The summed E-state index contributed by atoms with van der Waals surface area (Å²) in [4.78, 5) is 11.9. The normalized spacial score (nSPS) is 10.7. The van der Waals surface area contributed by atoms with E-state index in [2.05, 4.69) is 11.9 Å². The average Bonchev–Trinajstić information content (AvgIpc) is 2.99. The second kappa shape index (κ2) is 7.31. The first kappa shape index (κ1) is 17.5. The van der Waals surface area contributed by atoms with Gasteiger partial charge in [0.1, 0.15) is 35.1 Å². The van der Waals surface area contributed by atoms with Gasteiger partial charge >= 0.3 is 5.97 Å². The highest BCUT2D eigenvalue weighted by molar-refractivity contribution is 6.09. The molecule has 5 nitrogen and oxygen atoms in total. The molecule has 0 aliphatic rings. The number of carbonyl (C=O) groups is 1. The Morgan fingerprint density at radius 2 is 2.08 bits per heavy atom. The molecule has 2 aromatic carbocycles. The van der Waals surface area contributed by atoms with Crippen LogP contribution in [0.2, 0.25) is 0 Å². The van der Waals surface area contributed by atoms with Gasteiger partial charge in [0, 0.05) is 23.6 Å². The van der Waals surface area contributed by atoms with E-state index < -0.39 is 11.8 Å². The van der Waals surface area contributed by atoms with Crippen LogP contribution in [-0.2, 0) is 0 Å². The predicted octanol–water partition coefficient (Wildman–Crippen LogP) is 4.93. The molecular weight excluding hydrogens is 337 g/mol. The van der Waals surface area contributed by atoms with Crippen LogP contribution in [0, 0.1) is 5.82 Å². The molecule has 0 aliphatic heterocycles. The molecule has 134 valence electrons. The monoisotopic (exact) mass is 355 g/mol. The van der Waals surface area contributed by atoms with Crippen LogP contribution < -0.4 is 10.1 Å². The molecule has 0 unspecified atom stereocenters. The maximum Gasteiger partial charge on any atom is 0.340 e. The zero-order valence-corrected chi connectivity index (χ0v) is 14.2. The molecule has 0 saturated carbocycles. The average molecular weight is 355 g/mol. The molecule has 0 amide bonds. The van der Waals surface area contributed by atoms with Crippen molar-refractivity contribution < 1.29 is 23.4 Å². The highest BCUT2D eigenvalue weighted by Crippen LogP contribution is 2.39. The Morgan fingerprint density at radius 3 is 2.69 bits per heavy atom. The minimum Gasteiger partial charge on any atom is -0.487 e. The minimum atomic E-state index is -1.13. The van der Waals surface area contributed by atoms with Crippen molar-refractivity contribution in [2.75, 3.05) is 18.5 Å². The van der Waals surface area contributed by atoms with E-state index in [9.17, 15) is 14.3 Å². The third-order valence-corrected chi connectivity index (χ3v) is 3.83. The standard InChI is InChI=1S/C20H18FNO4/c1-3-9-25-17-10-14-16(11-15(17)22-4-2)26-19(18(14)20(23)24)12-5-7-13(21)8-6-12/h3,5-8,10-11,22H,1,4,9H2,2H3,(H,23,24). The third-order valence-electron chi connectivity index (χ3n) is 3.83. The molecule has 0 fully saturated rings. The molecule has 0 atom stereocenters. The molecular formula is C20H18FNO4. The fraction of sp³-hybridized carbons (Fsp3) is 0.150. The van der Waals surface area contributed by atoms with E-state index in [1.807, 2.05) is 6.92 Å². The quantitative estimate of drug-likeness (QED) is 0.588. The highest BCUT2D eigenvalue weighted by atomic mass is 19.1. The molecule has 0 bridgehead atoms. The molecule has 0 radical (unpaired) electrons. The number of nitrogens with one attached hydrogen (secondary N) is 1. The van der Waals surface area contributed by atoms with Crippen LogP contribution in [-0.4, -0.2) is 24.2 Å². The number of benzene rings is 2. The molecule has 1 heterocycles. The Bertz CT molecular complexity index is 960. The molecule has 0 saturated heterocycles. The first-order chi connectivity index (χ1) is 12.5. The maximum atomic E-state index is 13.2. The predicted molar refractivity (Wildman–Crippen MR) is 98.4 cm³/mol. The molecule has 0 spiro atoms. The first-order valence-electron chi connectivity index (χ1n) is 8.12. The molecule has 0 aliphatic carbocycles. The number of furan rings is 1. The summed E-state index contributed by atoms with van der Waals surface area (Å²) in [6.07, 6.45) is 1.61. The van der Waals surface area contributed by atoms with Crippen LogP contribution in [0.1, 0.15) is 17.3 Å². The molecule has 1 aromatic heterocycles. The van der Waals surface area contributed by atoms with Gasteiger partial charge in [-0.3, -0.25) is 0 Å². The second-order valence-corrected chi connectivity index (χ2v) is 5.59. The zero-order chi connectivity index (χ0) is 18.7. The third kappa shape index (κ3) is 3.26. The molecule has 3 rings (SSSR count). The topological polar surface area (TPSA) is 71.7 Å². The van der Waals surface area contributed by atoms with Crippen LogP contribution >= 0.6 is 0 Å². The van der Waals surface area contributed by atoms with Gasteiger partial charge in [-0.05, 0) is 37.3 Å². The van der Waals surface area contributed by atoms with E-state index in [-0.39, 0.29) is 17.9 Å². The summed E-state index contributed by atoms with van der Waals surface area (Å²) in [5.74, 6) is -0.853. The van der Waals surface area contributed by atoms with Crippen molar-refractivity contribution >= 4 is 22.6 Å². The lowest BCUT2D eigenvalue weighted by molar-refractivity contribution is 0.0699. The van der Waals surface area contributed by atoms with E-state index in [1.165, 1.54) is 24.3 Å². The van der Waals surface area contributed by atoms with Gasteiger partial charge in [-0.1, -0.05) is 12.7 Å². The van der Waals surface area contributed by atoms with Gasteiger partial charge in [0.2, 0.25) is 0 Å². The van der Waals surface area contributed by atoms with Crippen LogP contribution in [0.3, 0.4) is 0 Å². The summed E-state index contributed by atoms with van der Waals surface area (Å²) in [5.41, 5.74) is 1.60. The van der Waals surface area contributed by atoms with E-state index in [0.29, 0.717) is 34.5 Å². The van der Waals surface area contributed by atoms with Gasteiger partial charge in [-0.2, -0.15) is 0 Å². The number of hydrogen-bond donors (Lipinski definition) is 2. The van der Waals surface area contributed by atoms with Crippen LogP contribution in [0.5, 0.6) is 5.75 Å². The summed E-state index contributed by atoms with van der Waals surface area (Å²) in [6, 6.07) is 8.83. The second-order valence-electron chi connectivity index (χ2n) is 5.59. The summed E-state index contributed by atoms with van der Waals surface area (Å²) in [6.45, 7) is 6.51. The van der Waals surface area contributed by atoms with Gasteiger partial charge in [0.25, 0.3) is 0 Å². The van der Waals surface area contributed by atoms with E-state index in [0.717, 1.165) is 0 Å². The molecule has 26 heavy (non-hydrogen) atoms. The van der Waals surface area contributed by atoms with Crippen molar-refractivity contribution in [2.24, 2.45) is 0 Å². The van der Waals surface area contributed by atoms with Crippen LogP contribution in [0.25, 0.3) is 22.3 Å². The fourth-order valence-corrected chi connectivity index (χ4v) is 2.74.